The molecule has 0 aliphatic rings. The van der Waals surface area contributed by atoms with Gasteiger partial charge in [0, 0.05) is 24.4 Å². The van der Waals surface area contributed by atoms with Gasteiger partial charge in [0.2, 0.25) is 0 Å². The fourth-order valence-corrected chi connectivity index (χ4v) is 2.08. The maximum Gasteiger partial charge on any atom is 0.141 e. The van der Waals surface area contributed by atoms with E-state index in [4.69, 9.17) is 10.5 Å². The summed E-state index contributed by atoms with van der Waals surface area (Å²) in [4.78, 5) is 8.92. The number of rotatable bonds is 6. The van der Waals surface area contributed by atoms with Gasteiger partial charge in [0.25, 0.3) is 0 Å². The van der Waals surface area contributed by atoms with Crippen molar-refractivity contribution in [2.75, 3.05) is 0 Å². The van der Waals surface area contributed by atoms with Gasteiger partial charge in [-0.05, 0) is 44.0 Å². The molecule has 0 aromatic carbocycles. The van der Waals surface area contributed by atoms with E-state index in [1.54, 1.807) is 6.20 Å². The second kappa shape index (κ2) is 7.18. The molecular formula is C17H23N3O. The lowest BCUT2D eigenvalue weighted by atomic mass is 10.1. The van der Waals surface area contributed by atoms with Crippen molar-refractivity contribution in [2.24, 2.45) is 5.73 Å². The lowest BCUT2D eigenvalue weighted by Gasteiger charge is -2.14. The molecule has 2 aromatic heterocycles. The third-order valence-corrected chi connectivity index (χ3v) is 3.53. The summed E-state index contributed by atoms with van der Waals surface area (Å²) in [5, 5.41) is 0. The topological polar surface area (TPSA) is 61.0 Å². The number of nitrogens with zero attached hydrogens (tertiary/aromatic N) is 2. The molecule has 2 rings (SSSR count). The maximum absolute atomic E-state index is 6.05. The van der Waals surface area contributed by atoms with Crippen molar-refractivity contribution >= 4 is 0 Å². The highest BCUT2D eigenvalue weighted by atomic mass is 16.5. The van der Waals surface area contributed by atoms with Crippen molar-refractivity contribution in [3.63, 3.8) is 0 Å². The summed E-state index contributed by atoms with van der Waals surface area (Å²) in [6.45, 7) is 6.55. The molecule has 0 spiro atoms. The van der Waals surface area contributed by atoms with Crippen molar-refractivity contribution in [3.8, 4) is 5.75 Å². The summed E-state index contributed by atoms with van der Waals surface area (Å²) in [5.74, 6) is 0.801. The fourth-order valence-electron chi connectivity index (χ4n) is 2.08. The lowest BCUT2D eigenvalue weighted by Crippen LogP contribution is -2.22. The third kappa shape index (κ3) is 4.26. The van der Waals surface area contributed by atoms with E-state index in [1.807, 2.05) is 38.1 Å². The van der Waals surface area contributed by atoms with E-state index >= 15 is 0 Å². The zero-order valence-corrected chi connectivity index (χ0v) is 13.0. The van der Waals surface area contributed by atoms with Crippen LogP contribution < -0.4 is 10.5 Å². The highest BCUT2D eigenvalue weighted by Gasteiger charge is 2.11. The molecule has 2 aromatic rings. The van der Waals surface area contributed by atoms with E-state index < -0.39 is 0 Å². The highest BCUT2D eigenvalue weighted by Crippen LogP contribution is 2.20. The Balaban J connectivity index is 2.14. The molecule has 0 radical (unpaired) electrons. The Hall–Kier alpha value is -1.94. The van der Waals surface area contributed by atoms with Crippen molar-refractivity contribution < 1.29 is 4.74 Å². The first-order valence-electron chi connectivity index (χ1n) is 7.35. The Morgan fingerprint density at radius 2 is 2.00 bits per heavy atom. The van der Waals surface area contributed by atoms with Gasteiger partial charge < -0.3 is 10.5 Å². The predicted molar refractivity (Wildman–Crippen MR) is 84.3 cm³/mol. The standard InChI is InChI=1S/C17H23N3O/c1-4-14(18)10-15-17(8-7-13(3)20-15)21-11-16-12(2)6-5-9-19-16/h5-9,14H,4,10-11,18H2,1-3H3. The second-order valence-corrected chi connectivity index (χ2v) is 5.33. The van der Waals surface area contributed by atoms with Crippen LogP contribution in [0.1, 0.15) is 36.0 Å². The average Bonchev–Trinajstić information content (AvgIpc) is 2.48. The van der Waals surface area contributed by atoms with Crippen LogP contribution in [0.15, 0.2) is 30.5 Å². The van der Waals surface area contributed by atoms with Crippen LogP contribution in [-0.2, 0) is 13.0 Å². The molecule has 0 aliphatic heterocycles. The molecule has 0 bridgehead atoms. The summed E-state index contributed by atoms with van der Waals surface area (Å²) in [6, 6.07) is 8.00. The Bertz CT molecular complexity index is 598. The Morgan fingerprint density at radius 1 is 1.19 bits per heavy atom. The molecule has 21 heavy (non-hydrogen) atoms. The van der Waals surface area contributed by atoms with Crippen molar-refractivity contribution in [1.29, 1.82) is 0 Å². The van der Waals surface area contributed by atoms with Crippen molar-refractivity contribution in [3.05, 3.63) is 53.1 Å². The van der Waals surface area contributed by atoms with Crippen LogP contribution in [0.3, 0.4) is 0 Å². The maximum atomic E-state index is 6.05. The SMILES string of the molecule is CCC(N)Cc1nc(C)ccc1OCc1ncccc1C. The van der Waals surface area contributed by atoms with Gasteiger partial charge in [-0.1, -0.05) is 13.0 Å². The molecule has 112 valence electrons. The summed E-state index contributed by atoms with van der Waals surface area (Å²) < 4.78 is 5.92. The summed E-state index contributed by atoms with van der Waals surface area (Å²) in [6.07, 6.45) is 3.44. The Morgan fingerprint density at radius 3 is 2.71 bits per heavy atom. The zero-order chi connectivity index (χ0) is 15.2. The number of aromatic nitrogens is 2. The van der Waals surface area contributed by atoms with Gasteiger partial charge in [0.15, 0.2) is 0 Å². The average molecular weight is 285 g/mol. The molecule has 4 heteroatoms. The number of aryl methyl sites for hydroxylation is 2. The third-order valence-electron chi connectivity index (χ3n) is 3.53. The minimum absolute atomic E-state index is 0.109. The molecule has 0 saturated carbocycles. The first-order chi connectivity index (χ1) is 10.1. The molecule has 4 nitrogen and oxygen atoms in total. The van der Waals surface area contributed by atoms with Crippen LogP contribution in [0.2, 0.25) is 0 Å². The molecule has 0 amide bonds. The molecule has 2 N–H and O–H groups in total. The van der Waals surface area contributed by atoms with E-state index in [0.29, 0.717) is 6.61 Å². The van der Waals surface area contributed by atoms with Crippen molar-refractivity contribution in [2.45, 2.75) is 46.3 Å². The minimum atomic E-state index is 0.109. The van der Waals surface area contributed by atoms with E-state index in [0.717, 1.165) is 41.2 Å². The van der Waals surface area contributed by atoms with Crippen LogP contribution in [0.4, 0.5) is 0 Å². The number of nitrogens with two attached hydrogens (primary N) is 1. The molecule has 0 saturated heterocycles. The van der Waals surface area contributed by atoms with Crippen LogP contribution >= 0.6 is 0 Å². The Kier molecular flexibility index (Phi) is 5.28. The molecule has 1 unspecified atom stereocenters. The van der Waals surface area contributed by atoms with E-state index in [-0.39, 0.29) is 6.04 Å². The van der Waals surface area contributed by atoms with E-state index in [2.05, 4.69) is 16.9 Å². The number of ether oxygens (including phenoxy) is 1. The van der Waals surface area contributed by atoms with E-state index in [1.165, 1.54) is 0 Å². The monoisotopic (exact) mass is 285 g/mol. The largest absolute Gasteiger partial charge is 0.485 e. The van der Waals surface area contributed by atoms with Gasteiger partial charge in [-0.2, -0.15) is 0 Å². The fraction of sp³-hybridized carbons (Fsp3) is 0.412. The summed E-state index contributed by atoms with van der Waals surface area (Å²) >= 11 is 0. The van der Waals surface area contributed by atoms with Gasteiger partial charge in [-0.25, -0.2) is 0 Å². The zero-order valence-electron chi connectivity index (χ0n) is 13.0. The van der Waals surface area contributed by atoms with Crippen LogP contribution in [0, 0.1) is 13.8 Å². The molecule has 1 atom stereocenters. The second-order valence-electron chi connectivity index (χ2n) is 5.33. The number of pyridine rings is 2. The highest BCUT2D eigenvalue weighted by molar-refractivity contribution is 5.30. The van der Waals surface area contributed by atoms with Gasteiger partial charge in [-0.3, -0.25) is 9.97 Å². The molecule has 0 aliphatic carbocycles. The normalized spacial score (nSPS) is 12.2. The number of hydrogen-bond acceptors (Lipinski definition) is 4. The predicted octanol–water partition coefficient (Wildman–Crippen LogP) is 2.95. The molecule has 2 heterocycles. The first kappa shape index (κ1) is 15.4. The minimum Gasteiger partial charge on any atom is -0.485 e. The van der Waals surface area contributed by atoms with Gasteiger partial charge in [-0.15, -0.1) is 0 Å². The van der Waals surface area contributed by atoms with Crippen LogP contribution in [-0.4, -0.2) is 16.0 Å². The van der Waals surface area contributed by atoms with Crippen LogP contribution in [0.5, 0.6) is 5.75 Å². The Labute approximate surface area is 126 Å². The lowest BCUT2D eigenvalue weighted by molar-refractivity contribution is 0.294. The van der Waals surface area contributed by atoms with Gasteiger partial charge in [0.1, 0.15) is 12.4 Å². The number of hydrogen-bond donors (Lipinski definition) is 1. The van der Waals surface area contributed by atoms with Gasteiger partial charge in [0.05, 0.1) is 11.4 Å². The van der Waals surface area contributed by atoms with E-state index in [9.17, 15) is 0 Å². The van der Waals surface area contributed by atoms with Crippen LogP contribution in [0.25, 0.3) is 0 Å². The summed E-state index contributed by atoms with van der Waals surface area (Å²) in [5.41, 5.74) is 10.0. The smallest absolute Gasteiger partial charge is 0.141 e. The molecule has 0 fully saturated rings. The molecular weight excluding hydrogens is 262 g/mol. The first-order valence-corrected chi connectivity index (χ1v) is 7.35. The van der Waals surface area contributed by atoms with Crippen molar-refractivity contribution in [1.82, 2.24) is 9.97 Å². The quantitative estimate of drug-likeness (QED) is 0.886. The van der Waals surface area contributed by atoms with Gasteiger partial charge >= 0.3 is 0 Å². The summed E-state index contributed by atoms with van der Waals surface area (Å²) in [7, 11) is 0.